The minimum absolute atomic E-state index is 0. The molecule has 1 aromatic rings. The topological polar surface area (TPSA) is 92.7 Å². The molecule has 2 atom stereocenters. The van der Waals surface area contributed by atoms with E-state index in [1.165, 1.54) is 25.9 Å². The molecule has 0 spiro atoms. The van der Waals surface area contributed by atoms with Crippen LogP contribution >= 0.6 is 0 Å². The summed E-state index contributed by atoms with van der Waals surface area (Å²) >= 11 is 0. The quantitative estimate of drug-likeness (QED) is 0.477. The Balaban J connectivity index is 0. The van der Waals surface area contributed by atoms with E-state index in [4.69, 9.17) is 4.74 Å². The number of anilines is 1. The molecule has 8 heteroatoms. The molecule has 6 nitrogen and oxygen atoms in total. The maximum atomic E-state index is 11.0. The molecule has 0 bridgehead atoms. The summed E-state index contributed by atoms with van der Waals surface area (Å²) in [6.07, 6.45) is 0. The number of ether oxygens (including phenoxy) is 1. The Kier molecular flexibility index (Phi) is 13.4. The Morgan fingerprint density at radius 2 is 1.38 bits per heavy atom. The van der Waals surface area contributed by atoms with Crippen LogP contribution in [0.5, 0.6) is 5.75 Å². The van der Waals surface area contributed by atoms with Gasteiger partial charge in [-0.2, -0.15) is 0 Å². The largest absolute Gasteiger partial charge is 1.00 e. The zero-order valence-electron chi connectivity index (χ0n) is 13.0. The van der Waals surface area contributed by atoms with Crippen molar-refractivity contribution in [1.29, 1.82) is 0 Å². The normalized spacial score (nSPS) is 12.1. The van der Waals surface area contributed by atoms with Gasteiger partial charge >= 0.3 is 103 Å². The van der Waals surface area contributed by atoms with Gasteiger partial charge in [-0.25, -0.2) is 0 Å². The first-order valence-electron chi connectivity index (χ1n) is 5.72. The van der Waals surface area contributed by atoms with Crippen LogP contribution in [-0.4, -0.2) is 31.1 Å². The fourth-order valence-electron chi connectivity index (χ4n) is 1.76. The van der Waals surface area contributed by atoms with E-state index in [1.807, 2.05) is 0 Å². The summed E-state index contributed by atoms with van der Waals surface area (Å²) in [5, 5.41) is 21.9. The number of aliphatic carboxylic acids is 2. The zero-order valence-corrected chi connectivity index (χ0v) is 19.2. The van der Waals surface area contributed by atoms with Crippen LogP contribution in [0.2, 0.25) is 0 Å². The Labute approximate surface area is 209 Å². The van der Waals surface area contributed by atoms with Crippen molar-refractivity contribution >= 4 is 17.6 Å². The number of hydrogen-bond donors (Lipinski definition) is 0. The zero-order chi connectivity index (χ0) is 14.6. The van der Waals surface area contributed by atoms with Crippen molar-refractivity contribution in [2.75, 3.05) is 12.0 Å². The number of methoxy groups -OCH3 is 1. The van der Waals surface area contributed by atoms with E-state index >= 15 is 0 Å². The summed E-state index contributed by atoms with van der Waals surface area (Å²) in [5.41, 5.74) is 0.439. The number of hydrogen-bond acceptors (Lipinski definition) is 6. The van der Waals surface area contributed by atoms with Crippen molar-refractivity contribution in [2.45, 2.75) is 25.9 Å². The minimum atomic E-state index is -1.36. The van der Waals surface area contributed by atoms with Crippen molar-refractivity contribution in [1.82, 2.24) is 0 Å². The molecule has 1 aromatic carbocycles. The van der Waals surface area contributed by atoms with Gasteiger partial charge in [0.1, 0.15) is 5.75 Å². The first-order chi connectivity index (χ1) is 8.88. The van der Waals surface area contributed by atoms with Crippen LogP contribution in [0.25, 0.3) is 0 Å². The number of rotatable bonds is 6. The number of carboxylic acid groups (broad SMARTS) is 2. The molecule has 0 N–H and O–H groups in total. The van der Waals surface area contributed by atoms with Crippen LogP contribution < -0.4 is 123 Å². The van der Waals surface area contributed by atoms with Gasteiger partial charge in [-0.15, -0.1) is 0 Å². The molecule has 21 heavy (non-hydrogen) atoms. The molecule has 0 saturated heterocycles. The fourth-order valence-corrected chi connectivity index (χ4v) is 1.76. The summed E-state index contributed by atoms with van der Waals surface area (Å²) in [7, 11) is 1.50. The van der Waals surface area contributed by atoms with Crippen molar-refractivity contribution in [3.63, 3.8) is 0 Å². The van der Waals surface area contributed by atoms with Crippen LogP contribution in [0.1, 0.15) is 13.8 Å². The summed E-state index contributed by atoms with van der Waals surface area (Å²) in [6, 6.07) is 4.20. The molecule has 0 heterocycles. The molecule has 0 aliphatic carbocycles. The Morgan fingerprint density at radius 1 is 1.00 bits per heavy atom. The maximum Gasteiger partial charge on any atom is 1.00 e. The predicted molar refractivity (Wildman–Crippen MR) is 64.4 cm³/mol. The maximum absolute atomic E-state index is 11.0. The van der Waals surface area contributed by atoms with Crippen molar-refractivity contribution in [3.05, 3.63) is 24.3 Å². The summed E-state index contributed by atoms with van der Waals surface area (Å²) in [5.74, 6) is -2.13. The van der Waals surface area contributed by atoms with Crippen LogP contribution in [0.4, 0.5) is 5.69 Å². The summed E-state index contributed by atoms with van der Waals surface area (Å²) < 4.78 is 4.99. The van der Waals surface area contributed by atoms with E-state index in [1.54, 1.807) is 24.3 Å². The van der Waals surface area contributed by atoms with Gasteiger partial charge in [-0.05, 0) is 38.1 Å². The molecule has 0 amide bonds. The number of benzene rings is 1. The molecule has 0 aliphatic heterocycles. The van der Waals surface area contributed by atoms with Gasteiger partial charge in [0.25, 0.3) is 0 Å². The second-order valence-corrected chi connectivity index (χ2v) is 4.10. The average Bonchev–Trinajstić information content (AvgIpc) is 2.39. The molecule has 104 valence electrons. The summed E-state index contributed by atoms with van der Waals surface area (Å²) in [6.45, 7) is 2.72. The van der Waals surface area contributed by atoms with Gasteiger partial charge in [-0.1, -0.05) is 0 Å². The van der Waals surface area contributed by atoms with E-state index in [9.17, 15) is 19.8 Å². The van der Waals surface area contributed by atoms with E-state index in [0.717, 1.165) is 0 Å². The van der Waals surface area contributed by atoms with Crippen LogP contribution in [-0.2, 0) is 9.59 Å². The van der Waals surface area contributed by atoms with Crippen molar-refractivity contribution in [3.8, 4) is 5.75 Å². The Hall–Kier alpha value is 1.03. The molecule has 2 unspecified atom stereocenters. The molecule has 0 aromatic heterocycles. The second-order valence-electron chi connectivity index (χ2n) is 4.10. The van der Waals surface area contributed by atoms with Crippen molar-refractivity contribution in [2.24, 2.45) is 0 Å². The molecule has 0 radical (unpaired) electrons. The smallest absolute Gasteiger partial charge is 0.548 e. The van der Waals surface area contributed by atoms with E-state index in [0.29, 0.717) is 11.4 Å². The van der Waals surface area contributed by atoms with Crippen LogP contribution in [0.3, 0.4) is 0 Å². The molecular formula is C13H15K2NO5. The first kappa shape index (κ1) is 24.3. The van der Waals surface area contributed by atoms with E-state index in [-0.39, 0.29) is 103 Å². The summed E-state index contributed by atoms with van der Waals surface area (Å²) in [4.78, 5) is 23.2. The fraction of sp³-hybridized carbons (Fsp3) is 0.385. The third-order valence-corrected chi connectivity index (χ3v) is 2.89. The molecule has 0 aliphatic rings. The van der Waals surface area contributed by atoms with Gasteiger partial charge in [0.05, 0.1) is 31.1 Å². The second kappa shape index (κ2) is 11.6. The van der Waals surface area contributed by atoms with Gasteiger partial charge in [0.15, 0.2) is 0 Å². The Morgan fingerprint density at radius 3 is 1.67 bits per heavy atom. The first-order valence-corrected chi connectivity index (χ1v) is 5.72. The van der Waals surface area contributed by atoms with Crippen LogP contribution in [0.15, 0.2) is 24.3 Å². The van der Waals surface area contributed by atoms with Crippen molar-refractivity contribution < 1.29 is 127 Å². The number of carbonyl (C=O) groups is 2. The third-order valence-electron chi connectivity index (χ3n) is 2.89. The predicted octanol–water partition coefficient (Wildman–Crippen LogP) is -7.21. The van der Waals surface area contributed by atoms with Gasteiger partial charge in [-0.3, -0.25) is 0 Å². The number of carboxylic acids is 2. The molecule has 0 fully saturated rings. The van der Waals surface area contributed by atoms with E-state index < -0.39 is 24.0 Å². The number of nitrogens with zero attached hydrogens (tertiary/aromatic N) is 1. The average molecular weight is 343 g/mol. The SMILES string of the molecule is COc1ccc(N(C(C)C(=O)[O-])C(C)C(=O)[O-])cc1.[K+].[K+]. The third kappa shape index (κ3) is 6.98. The Bertz CT molecular complexity index is 446. The van der Waals surface area contributed by atoms with Gasteiger partial charge in [0.2, 0.25) is 0 Å². The van der Waals surface area contributed by atoms with Crippen LogP contribution in [0, 0.1) is 0 Å². The molecule has 1 rings (SSSR count). The monoisotopic (exact) mass is 343 g/mol. The van der Waals surface area contributed by atoms with Gasteiger partial charge in [0, 0.05) is 5.69 Å². The molecular weight excluding hydrogens is 328 g/mol. The number of carbonyl (C=O) groups excluding carboxylic acids is 2. The standard InChI is InChI=1S/C13H17NO5.2K/c1-8(12(15)16)14(9(2)13(17)18)10-4-6-11(19-3)7-5-10;;/h4-9H,1-3H3,(H,15,16)(H,17,18);;/q;2*+1/p-2. The molecule has 0 saturated carbocycles. The van der Waals surface area contributed by atoms with Gasteiger partial charge < -0.3 is 29.4 Å². The van der Waals surface area contributed by atoms with E-state index in [2.05, 4.69) is 0 Å². The minimum Gasteiger partial charge on any atom is -0.548 e.